The number of hydrogen-bond acceptors (Lipinski definition) is 4. The maximum Gasteiger partial charge on any atom is 0.279 e. The molecule has 0 spiro atoms. The molecule has 3 rings (SSSR count). The molecule has 1 amide bonds. The number of hydrogen-bond donors (Lipinski definition) is 2. The summed E-state index contributed by atoms with van der Waals surface area (Å²) in [7, 11) is 1.92. The first kappa shape index (κ1) is 19.1. The lowest BCUT2D eigenvalue weighted by molar-refractivity contribution is -0.903. The van der Waals surface area contributed by atoms with E-state index in [0.717, 1.165) is 16.0 Å². The zero-order valence-electron chi connectivity index (χ0n) is 15.5. The Bertz CT molecular complexity index is 924. The third-order valence-corrected chi connectivity index (χ3v) is 4.63. The van der Waals surface area contributed by atoms with E-state index in [0.29, 0.717) is 22.5 Å². The molecular weight excluding hydrogens is 364 g/mol. The number of halogens is 1. The van der Waals surface area contributed by atoms with E-state index >= 15 is 0 Å². The van der Waals surface area contributed by atoms with Crippen molar-refractivity contribution in [3.63, 3.8) is 0 Å². The highest BCUT2D eigenvalue weighted by atomic mass is 35.5. The molecule has 2 aromatic carbocycles. The first-order valence-corrected chi connectivity index (χ1v) is 9.08. The summed E-state index contributed by atoms with van der Waals surface area (Å²) in [6, 6.07) is 14.8. The zero-order valence-corrected chi connectivity index (χ0v) is 16.2. The monoisotopic (exact) mass is 385 g/mol. The fourth-order valence-electron chi connectivity index (χ4n) is 2.66. The summed E-state index contributed by atoms with van der Waals surface area (Å²) in [6.45, 7) is 4.24. The van der Waals surface area contributed by atoms with E-state index in [1.54, 1.807) is 24.3 Å². The van der Waals surface area contributed by atoms with Crippen LogP contribution in [-0.4, -0.2) is 29.7 Å². The Morgan fingerprint density at radius 2 is 1.96 bits per heavy atom. The number of rotatable bonds is 6. The second kappa shape index (κ2) is 8.33. The van der Waals surface area contributed by atoms with Crippen molar-refractivity contribution in [2.75, 3.05) is 18.9 Å². The number of aryl methyl sites for hydroxylation is 1. The molecular formula is C20H22ClN4O2+. The van der Waals surface area contributed by atoms with Gasteiger partial charge in [0, 0.05) is 16.3 Å². The number of aromatic nitrogens is 2. The van der Waals surface area contributed by atoms with Gasteiger partial charge < -0.3 is 14.6 Å². The van der Waals surface area contributed by atoms with Crippen LogP contribution >= 0.6 is 11.6 Å². The van der Waals surface area contributed by atoms with Crippen molar-refractivity contribution >= 4 is 23.2 Å². The molecule has 1 heterocycles. The standard InChI is InChI=1S/C20H21ClN4O2/c1-13-5-4-6-15(11-13)20-24-23-19(27-20)14(2)25(3)12-18(26)22-17-9-7-16(21)8-10-17/h4-11,14H,12H2,1-3H3,(H,22,26)/p+1/t14-/m0/s1. The van der Waals surface area contributed by atoms with E-state index in [1.807, 2.05) is 45.2 Å². The number of anilines is 1. The summed E-state index contributed by atoms with van der Waals surface area (Å²) >= 11 is 5.86. The molecule has 2 atom stereocenters. The smallest absolute Gasteiger partial charge is 0.279 e. The van der Waals surface area contributed by atoms with Crippen LogP contribution in [0.1, 0.15) is 24.4 Å². The van der Waals surface area contributed by atoms with Gasteiger partial charge in [0.2, 0.25) is 5.89 Å². The first-order chi connectivity index (χ1) is 12.9. The van der Waals surface area contributed by atoms with Gasteiger partial charge >= 0.3 is 0 Å². The maximum atomic E-state index is 12.3. The molecule has 1 aromatic heterocycles. The van der Waals surface area contributed by atoms with Gasteiger partial charge in [0.25, 0.3) is 11.8 Å². The van der Waals surface area contributed by atoms with Crippen LogP contribution < -0.4 is 10.2 Å². The number of benzene rings is 2. The zero-order chi connectivity index (χ0) is 19.4. The van der Waals surface area contributed by atoms with Gasteiger partial charge in [-0.3, -0.25) is 4.79 Å². The highest BCUT2D eigenvalue weighted by Gasteiger charge is 2.24. The van der Waals surface area contributed by atoms with Gasteiger partial charge in [0.05, 0.1) is 7.05 Å². The predicted octanol–water partition coefficient (Wildman–Crippen LogP) is 2.91. The molecule has 0 bridgehead atoms. The lowest BCUT2D eigenvalue weighted by Crippen LogP contribution is -3.10. The minimum atomic E-state index is -0.118. The van der Waals surface area contributed by atoms with Crippen LogP contribution in [0.5, 0.6) is 0 Å². The molecule has 0 aliphatic carbocycles. The Kier molecular flexibility index (Phi) is 5.88. The van der Waals surface area contributed by atoms with Crippen molar-refractivity contribution in [3.8, 4) is 11.5 Å². The molecule has 6 nitrogen and oxygen atoms in total. The number of carbonyl (C=O) groups is 1. The average molecular weight is 386 g/mol. The third-order valence-electron chi connectivity index (χ3n) is 4.38. The molecule has 0 saturated carbocycles. The van der Waals surface area contributed by atoms with Gasteiger partial charge in [-0.25, -0.2) is 0 Å². The number of amides is 1. The molecule has 27 heavy (non-hydrogen) atoms. The summed E-state index contributed by atoms with van der Waals surface area (Å²) in [5.74, 6) is 0.891. The normalized spacial score (nSPS) is 13.2. The van der Waals surface area contributed by atoms with E-state index in [4.69, 9.17) is 16.0 Å². The van der Waals surface area contributed by atoms with Gasteiger partial charge in [0.15, 0.2) is 12.6 Å². The van der Waals surface area contributed by atoms with E-state index in [9.17, 15) is 4.79 Å². The number of nitrogens with zero attached hydrogens (tertiary/aromatic N) is 2. The summed E-state index contributed by atoms with van der Waals surface area (Å²) in [5.41, 5.74) is 2.73. The fourth-order valence-corrected chi connectivity index (χ4v) is 2.79. The highest BCUT2D eigenvalue weighted by Crippen LogP contribution is 2.20. The van der Waals surface area contributed by atoms with E-state index in [-0.39, 0.29) is 18.5 Å². The van der Waals surface area contributed by atoms with Crippen molar-refractivity contribution in [1.82, 2.24) is 10.2 Å². The van der Waals surface area contributed by atoms with Crippen LogP contribution in [0.2, 0.25) is 5.02 Å². The van der Waals surface area contributed by atoms with Crippen molar-refractivity contribution in [2.24, 2.45) is 0 Å². The van der Waals surface area contributed by atoms with E-state index < -0.39 is 0 Å². The maximum absolute atomic E-state index is 12.3. The molecule has 0 radical (unpaired) electrons. The number of carbonyl (C=O) groups excluding carboxylic acids is 1. The summed E-state index contributed by atoms with van der Waals surface area (Å²) in [6.07, 6.45) is 0. The average Bonchev–Trinajstić information content (AvgIpc) is 3.13. The predicted molar refractivity (Wildman–Crippen MR) is 105 cm³/mol. The quantitative estimate of drug-likeness (QED) is 0.684. The molecule has 1 unspecified atom stereocenters. The topological polar surface area (TPSA) is 72.5 Å². The van der Waals surface area contributed by atoms with Gasteiger partial charge in [-0.05, 0) is 50.2 Å². The largest absolute Gasteiger partial charge is 0.415 e. The molecule has 3 aromatic rings. The third kappa shape index (κ3) is 4.93. The molecule has 7 heteroatoms. The molecule has 140 valence electrons. The molecule has 0 saturated heterocycles. The van der Waals surface area contributed by atoms with Gasteiger partial charge in [-0.1, -0.05) is 29.3 Å². The Balaban J connectivity index is 1.62. The number of likely N-dealkylation sites (N-methyl/N-ethyl adjacent to an activating group) is 1. The summed E-state index contributed by atoms with van der Waals surface area (Å²) in [4.78, 5) is 13.2. The van der Waals surface area contributed by atoms with Crippen LogP contribution in [-0.2, 0) is 4.79 Å². The Labute approximate surface area is 163 Å². The van der Waals surface area contributed by atoms with Gasteiger partial charge in [-0.15, -0.1) is 10.2 Å². The SMILES string of the molecule is Cc1cccc(-c2nnc([C@H](C)[NH+](C)CC(=O)Nc3ccc(Cl)cc3)o2)c1. The van der Waals surface area contributed by atoms with Crippen LogP contribution in [0.15, 0.2) is 52.9 Å². The Morgan fingerprint density at radius 3 is 2.67 bits per heavy atom. The second-order valence-corrected chi connectivity index (χ2v) is 7.05. The highest BCUT2D eigenvalue weighted by molar-refractivity contribution is 6.30. The molecule has 0 aliphatic rings. The van der Waals surface area contributed by atoms with Crippen LogP contribution in [0, 0.1) is 6.92 Å². The molecule has 2 N–H and O–H groups in total. The van der Waals surface area contributed by atoms with Gasteiger partial charge in [-0.2, -0.15) is 0 Å². The van der Waals surface area contributed by atoms with Crippen LogP contribution in [0.3, 0.4) is 0 Å². The first-order valence-electron chi connectivity index (χ1n) is 8.70. The minimum absolute atomic E-state index is 0.0971. The Hall–Kier alpha value is -2.70. The van der Waals surface area contributed by atoms with Gasteiger partial charge in [0.1, 0.15) is 0 Å². The lowest BCUT2D eigenvalue weighted by Gasteiger charge is -2.18. The van der Waals surface area contributed by atoms with E-state index in [1.165, 1.54) is 0 Å². The van der Waals surface area contributed by atoms with Crippen molar-refractivity contribution < 1.29 is 14.1 Å². The summed E-state index contributed by atoms with van der Waals surface area (Å²) < 4.78 is 5.83. The fraction of sp³-hybridized carbons (Fsp3) is 0.250. The minimum Gasteiger partial charge on any atom is -0.415 e. The van der Waals surface area contributed by atoms with Crippen molar-refractivity contribution in [2.45, 2.75) is 19.9 Å². The van der Waals surface area contributed by atoms with Crippen molar-refractivity contribution in [1.29, 1.82) is 0 Å². The summed E-state index contributed by atoms with van der Waals surface area (Å²) in [5, 5.41) is 11.8. The number of quaternary nitrogens is 1. The van der Waals surface area contributed by atoms with E-state index in [2.05, 4.69) is 15.5 Å². The van der Waals surface area contributed by atoms with Crippen LogP contribution in [0.4, 0.5) is 5.69 Å². The molecule has 0 fully saturated rings. The Morgan fingerprint density at radius 1 is 1.22 bits per heavy atom. The van der Waals surface area contributed by atoms with Crippen molar-refractivity contribution in [3.05, 3.63) is 65.0 Å². The van der Waals surface area contributed by atoms with Crippen LogP contribution in [0.25, 0.3) is 11.5 Å². The number of nitrogens with one attached hydrogen (secondary N) is 2. The molecule has 0 aliphatic heterocycles. The lowest BCUT2D eigenvalue weighted by atomic mass is 10.1. The second-order valence-electron chi connectivity index (χ2n) is 6.61.